The normalized spacial score (nSPS) is 24.7. The molecule has 0 N–H and O–H groups in total. The number of fused-ring (bicyclic) bond motifs is 1. The van der Waals surface area contributed by atoms with Crippen LogP contribution in [0.3, 0.4) is 0 Å². The minimum Gasteiger partial charge on any atom is -0.486 e. The number of ketones is 1. The second-order valence-corrected chi connectivity index (χ2v) is 5.46. The van der Waals surface area contributed by atoms with E-state index >= 15 is 0 Å². The molecule has 0 aromatic heterocycles. The summed E-state index contributed by atoms with van der Waals surface area (Å²) in [5, 5.41) is 0.418. The lowest BCUT2D eigenvalue weighted by Gasteiger charge is -2.21. The quantitative estimate of drug-likeness (QED) is 0.804. The van der Waals surface area contributed by atoms with Crippen LogP contribution < -0.4 is 9.47 Å². The van der Waals surface area contributed by atoms with E-state index in [4.69, 9.17) is 25.8 Å². The van der Waals surface area contributed by atoms with Crippen LogP contribution in [0.4, 0.5) is 0 Å². The van der Waals surface area contributed by atoms with Crippen molar-refractivity contribution in [3.8, 4) is 11.5 Å². The van der Waals surface area contributed by atoms with Gasteiger partial charge in [-0.15, -0.1) is 0 Å². The minimum absolute atomic E-state index is 0.00762. The highest BCUT2D eigenvalue weighted by atomic mass is 35.5. The van der Waals surface area contributed by atoms with Crippen molar-refractivity contribution in [2.24, 2.45) is 5.92 Å². The highest BCUT2D eigenvalue weighted by molar-refractivity contribution is 6.34. The average molecular weight is 297 g/mol. The van der Waals surface area contributed by atoms with Gasteiger partial charge >= 0.3 is 0 Å². The van der Waals surface area contributed by atoms with Gasteiger partial charge in [0.15, 0.2) is 17.3 Å². The third kappa shape index (κ3) is 2.38. The largest absolute Gasteiger partial charge is 0.486 e. The summed E-state index contributed by atoms with van der Waals surface area (Å²) < 4.78 is 16.6. The lowest BCUT2D eigenvalue weighted by Crippen LogP contribution is -2.24. The summed E-state index contributed by atoms with van der Waals surface area (Å²) >= 11 is 6.23. The van der Waals surface area contributed by atoms with Crippen molar-refractivity contribution in [2.45, 2.75) is 25.9 Å². The van der Waals surface area contributed by atoms with E-state index in [0.29, 0.717) is 41.9 Å². The molecule has 20 heavy (non-hydrogen) atoms. The Kier molecular flexibility index (Phi) is 3.85. The van der Waals surface area contributed by atoms with Gasteiger partial charge in [0.2, 0.25) is 0 Å². The molecule has 1 saturated heterocycles. The summed E-state index contributed by atoms with van der Waals surface area (Å²) in [7, 11) is 0. The van der Waals surface area contributed by atoms with E-state index in [1.165, 1.54) is 0 Å². The van der Waals surface area contributed by atoms with Gasteiger partial charge in [-0.25, -0.2) is 0 Å². The van der Waals surface area contributed by atoms with Gasteiger partial charge in [-0.2, -0.15) is 0 Å². The number of Topliss-reactive ketones (excluding diaryl/α,β-unsaturated/α-hetero) is 1. The summed E-state index contributed by atoms with van der Waals surface area (Å²) in [4.78, 5) is 12.7. The van der Waals surface area contributed by atoms with E-state index in [-0.39, 0.29) is 17.8 Å². The van der Waals surface area contributed by atoms with E-state index in [0.717, 1.165) is 12.8 Å². The Morgan fingerprint density at radius 3 is 2.65 bits per heavy atom. The molecule has 2 unspecified atom stereocenters. The van der Waals surface area contributed by atoms with Crippen LogP contribution in [0.25, 0.3) is 0 Å². The molecule has 0 radical (unpaired) electrons. The molecule has 0 bridgehead atoms. The number of rotatable bonds is 3. The van der Waals surface area contributed by atoms with Gasteiger partial charge in [0.25, 0.3) is 0 Å². The van der Waals surface area contributed by atoms with Gasteiger partial charge in [0.1, 0.15) is 13.2 Å². The number of hydrogen-bond acceptors (Lipinski definition) is 4. The fourth-order valence-corrected chi connectivity index (χ4v) is 3.05. The number of halogens is 1. The summed E-state index contributed by atoms with van der Waals surface area (Å²) in [5.74, 6) is 1.12. The van der Waals surface area contributed by atoms with Crippen LogP contribution in [-0.2, 0) is 4.74 Å². The predicted octanol–water partition coefficient (Wildman–Crippen LogP) is 3.11. The Bertz CT molecular complexity index is 529. The molecule has 2 aliphatic heterocycles. The molecule has 5 heteroatoms. The molecule has 3 rings (SSSR count). The Hall–Kier alpha value is -1.26. The van der Waals surface area contributed by atoms with E-state index in [9.17, 15) is 4.79 Å². The van der Waals surface area contributed by atoms with E-state index in [1.54, 1.807) is 12.1 Å². The standard InChI is InChI=1S/C15H17ClO4/c1-2-12-9(3-4-18-12)15(17)10-7-13-14(8-11(10)16)20-6-5-19-13/h7-9,12H,2-6H2,1H3. The zero-order valence-corrected chi connectivity index (χ0v) is 12.1. The van der Waals surface area contributed by atoms with Gasteiger partial charge in [0.05, 0.1) is 17.0 Å². The molecule has 1 aromatic rings. The zero-order valence-electron chi connectivity index (χ0n) is 11.4. The Morgan fingerprint density at radius 2 is 1.95 bits per heavy atom. The van der Waals surface area contributed by atoms with Gasteiger partial charge < -0.3 is 14.2 Å². The van der Waals surface area contributed by atoms with Crippen LogP contribution in [0.5, 0.6) is 11.5 Å². The van der Waals surface area contributed by atoms with Crippen LogP contribution in [0.1, 0.15) is 30.1 Å². The smallest absolute Gasteiger partial charge is 0.170 e. The van der Waals surface area contributed by atoms with Crippen LogP contribution in [0.2, 0.25) is 5.02 Å². The maximum absolute atomic E-state index is 12.7. The van der Waals surface area contributed by atoms with Crippen molar-refractivity contribution in [1.82, 2.24) is 0 Å². The molecule has 0 spiro atoms. The van der Waals surface area contributed by atoms with E-state index in [1.807, 2.05) is 6.92 Å². The van der Waals surface area contributed by atoms with Crippen LogP contribution in [-0.4, -0.2) is 31.7 Å². The number of hydrogen-bond donors (Lipinski definition) is 0. The summed E-state index contributed by atoms with van der Waals surface area (Å²) in [6.45, 7) is 3.66. The molecular formula is C15H17ClO4. The summed E-state index contributed by atoms with van der Waals surface area (Å²) in [6, 6.07) is 3.37. The first-order valence-corrected chi connectivity index (χ1v) is 7.33. The van der Waals surface area contributed by atoms with Crippen molar-refractivity contribution < 1.29 is 19.0 Å². The minimum atomic E-state index is -0.111. The van der Waals surface area contributed by atoms with Crippen LogP contribution >= 0.6 is 11.6 Å². The maximum atomic E-state index is 12.7. The first-order chi connectivity index (χ1) is 9.70. The molecule has 2 heterocycles. The molecule has 1 aromatic carbocycles. The van der Waals surface area contributed by atoms with Crippen molar-refractivity contribution in [2.75, 3.05) is 19.8 Å². The molecule has 0 saturated carbocycles. The molecule has 1 fully saturated rings. The first-order valence-electron chi connectivity index (χ1n) is 6.95. The summed E-state index contributed by atoms with van der Waals surface area (Å²) in [5.41, 5.74) is 0.505. The fraction of sp³-hybridized carbons (Fsp3) is 0.533. The second kappa shape index (κ2) is 5.62. The SMILES string of the molecule is CCC1OCCC1C(=O)c1cc2c(cc1Cl)OCCO2. The Balaban J connectivity index is 1.91. The number of carbonyl (C=O) groups is 1. The topological polar surface area (TPSA) is 44.8 Å². The molecule has 0 aliphatic carbocycles. The van der Waals surface area contributed by atoms with Crippen LogP contribution in [0, 0.1) is 5.92 Å². The molecule has 0 amide bonds. The van der Waals surface area contributed by atoms with Gasteiger partial charge in [-0.05, 0) is 18.9 Å². The second-order valence-electron chi connectivity index (χ2n) is 5.05. The van der Waals surface area contributed by atoms with E-state index < -0.39 is 0 Å². The van der Waals surface area contributed by atoms with Gasteiger partial charge in [-0.1, -0.05) is 18.5 Å². The third-order valence-electron chi connectivity index (χ3n) is 3.85. The number of benzene rings is 1. The lowest BCUT2D eigenvalue weighted by molar-refractivity contribution is 0.0688. The lowest BCUT2D eigenvalue weighted by atomic mass is 9.90. The predicted molar refractivity (Wildman–Crippen MR) is 74.9 cm³/mol. The monoisotopic (exact) mass is 296 g/mol. The molecule has 108 valence electrons. The van der Waals surface area contributed by atoms with Crippen molar-refractivity contribution in [3.63, 3.8) is 0 Å². The Labute approximate surface area is 123 Å². The first kappa shape index (κ1) is 13.7. The average Bonchev–Trinajstić information content (AvgIpc) is 2.94. The van der Waals surface area contributed by atoms with Gasteiger partial charge in [0, 0.05) is 18.2 Å². The number of ether oxygens (including phenoxy) is 3. The molecule has 4 nitrogen and oxygen atoms in total. The van der Waals surface area contributed by atoms with Crippen LogP contribution in [0.15, 0.2) is 12.1 Å². The maximum Gasteiger partial charge on any atom is 0.170 e. The Morgan fingerprint density at radius 1 is 1.25 bits per heavy atom. The highest BCUT2D eigenvalue weighted by Gasteiger charge is 2.34. The third-order valence-corrected chi connectivity index (χ3v) is 4.16. The van der Waals surface area contributed by atoms with Gasteiger partial charge in [-0.3, -0.25) is 4.79 Å². The van der Waals surface area contributed by atoms with Crippen molar-refractivity contribution in [1.29, 1.82) is 0 Å². The van der Waals surface area contributed by atoms with E-state index in [2.05, 4.69) is 0 Å². The summed E-state index contributed by atoms with van der Waals surface area (Å²) in [6.07, 6.45) is 1.58. The molecular weight excluding hydrogens is 280 g/mol. The molecule has 2 atom stereocenters. The van der Waals surface area contributed by atoms with Crippen molar-refractivity contribution >= 4 is 17.4 Å². The fourth-order valence-electron chi connectivity index (χ4n) is 2.80. The molecule has 2 aliphatic rings. The number of carbonyl (C=O) groups excluding carboxylic acids is 1. The highest BCUT2D eigenvalue weighted by Crippen LogP contribution is 2.37. The van der Waals surface area contributed by atoms with Crippen molar-refractivity contribution in [3.05, 3.63) is 22.7 Å². The zero-order chi connectivity index (χ0) is 14.1.